The maximum atomic E-state index is 11.0. The van der Waals surface area contributed by atoms with E-state index in [1.165, 1.54) is 12.8 Å². The average Bonchev–Trinajstić information content (AvgIpc) is 2.82. The SMILES string of the molecule is CC(CC1CCCN1)Nc1ccc(CS(N)(=O)=O)cc1. The minimum atomic E-state index is -3.46. The molecule has 2 rings (SSSR count). The van der Waals surface area contributed by atoms with Crippen LogP contribution >= 0.6 is 0 Å². The van der Waals surface area contributed by atoms with Crippen molar-refractivity contribution in [2.75, 3.05) is 11.9 Å². The largest absolute Gasteiger partial charge is 0.383 e. The van der Waals surface area contributed by atoms with Crippen molar-refractivity contribution in [1.29, 1.82) is 0 Å². The molecule has 0 aliphatic carbocycles. The number of benzene rings is 1. The van der Waals surface area contributed by atoms with Crippen LogP contribution in [0.25, 0.3) is 0 Å². The van der Waals surface area contributed by atoms with Crippen molar-refractivity contribution in [3.8, 4) is 0 Å². The Kier molecular flexibility index (Phi) is 5.01. The second-order valence-electron chi connectivity index (χ2n) is 5.58. The highest BCUT2D eigenvalue weighted by atomic mass is 32.2. The van der Waals surface area contributed by atoms with Crippen molar-refractivity contribution in [3.63, 3.8) is 0 Å². The molecule has 0 saturated carbocycles. The van der Waals surface area contributed by atoms with Crippen LogP contribution in [0, 0.1) is 0 Å². The fraction of sp³-hybridized carbons (Fsp3) is 0.571. The first-order valence-corrected chi connectivity index (χ1v) is 8.73. The average molecular weight is 297 g/mol. The van der Waals surface area contributed by atoms with E-state index in [9.17, 15) is 8.42 Å². The molecule has 0 aromatic heterocycles. The third-order valence-electron chi connectivity index (χ3n) is 3.54. The van der Waals surface area contributed by atoms with E-state index in [1.54, 1.807) is 12.1 Å². The van der Waals surface area contributed by atoms with E-state index in [2.05, 4.69) is 17.6 Å². The summed E-state index contributed by atoms with van der Waals surface area (Å²) in [7, 11) is -3.46. The molecule has 112 valence electrons. The number of primary sulfonamides is 1. The third-order valence-corrected chi connectivity index (χ3v) is 4.27. The van der Waals surface area contributed by atoms with Gasteiger partial charge in [-0.05, 0) is 50.4 Å². The van der Waals surface area contributed by atoms with Crippen molar-refractivity contribution in [2.45, 2.75) is 44.0 Å². The Balaban J connectivity index is 1.86. The van der Waals surface area contributed by atoms with E-state index >= 15 is 0 Å². The molecule has 4 N–H and O–H groups in total. The first kappa shape index (κ1) is 15.3. The van der Waals surface area contributed by atoms with Gasteiger partial charge in [-0.25, -0.2) is 13.6 Å². The quantitative estimate of drug-likeness (QED) is 0.741. The first-order valence-electron chi connectivity index (χ1n) is 7.02. The van der Waals surface area contributed by atoms with Crippen LogP contribution < -0.4 is 15.8 Å². The van der Waals surface area contributed by atoms with Gasteiger partial charge in [0, 0.05) is 17.8 Å². The van der Waals surface area contributed by atoms with E-state index in [0.717, 1.165) is 18.7 Å². The third kappa shape index (κ3) is 5.11. The molecule has 5 nitrogen and oxygen atoms in total. The normalized spacial score (nSPS) is 20.8. The summed E-state index contributed by atoms with van der Waals surface area (Å²) >= 11 is 0. The van der Waals surface area contributed by atoms with Crippen LogP contribution in [0.1, 0.15) is 31.7 Å². The van der Waals surface area contributed by atoms with Gasteiger partial charge in [0.2, 0.25) is 10.0 Å². The molecule has 1 aromatic rings. The zero-order chi connectivity index (χ0) is 14.6. The molecule has 1 saturated heterocycles. The van der Waals surface area contributed by atoms with Crippen molar-refractivity contribution < 1.29 is 8.42 Å². The minimum absolute atomic E-state index is 0.116. The lowest BCUT2D eigenvalue weighted by molar-refractivity contribution is 0.523. The van der Waals surface area contributed by atoms with Crippen molar-refractivity contribution in [3.05, 3.63) is 29.8 Å². The number of nitrogens with one attached hydrogen (secondary N) is 2. The highest BCUT2D eigenvalue weighted by Crippen LogP contribution is 2.16. The maximum Gasteiger partial charge on any atom is 0.213 e. The van der Waals surface area contributed by atoms with E-state index in [4.69, 9.17) is 5.14 Å². The number of sulfonamides is 1. The molecule has 6 heteroatoms. The van der Waals surface area contributed by atoms with Gasteiger partial charge in [0.05, 0.1) is 5.75 Å². The molecule has 0 amide bonds. The molecule has 1 fully saturated rings. The Labute approximate surface area is 121 Å². The van der Waals surface area contributed by atoms with Crippen LogP contribution in [0.3, 0.4) is 0 Å². The van der Waals surface area contributed by atoms with Crippen LogP contribution in [0.15, 0.2) is 24.3 Å². The summed E-state index contributed by atoms with van der Waals surface area (Å²) < 4.78 is 22.0. The standard InChI is InChI=1S/C14H23N3O2S/c1-11(9-14-3-2-8-16-14)17-13-6-4-12(5-7-13)10-20(15,18)19/h4-7,11,14,16-17H,2-3,8-10H2,1H3,(H2,15,18,19). The lowest BCUT2D eigenvalue weighted by Gasteiger charge is -2.19. The summed E-state index contributed by atoms with van der Waals surface area (Å²) in [6.45, 7) is 3.29. The summed E-state index contributed by atoms with van der Waals surface area (Å²) in [4.78, 5) is 0. The molecular formula is C14H23N3O2S. The van der Waals surface area contributed by atoms with E-state index in [-0.39, 0.29) is 5.75 Å². The van der Waals surface area contributed by atoms with Crippen LogP contribution in [-0.2, 0) is 15.8 Å². The molecule has 20 heavy (non-hydrogen) atoms. The van der Waals surface area contributed by atoms with Crippen molar-refractivity contribution in [2.24, 2.45) is 5.14 Å². The minimum Gasteiger partial charge on any atom is -0.383 e. The molecule has 0 bridgehead atoms. The summed E-state index contributed by atoms with van der Waals surface area (Å²) in [6.07, 6.45) is 3.61. The molecule has 1 aliphatic heterocycles. The first-order chi connectivity index (χ1) is 9.42. The molecule has 2 atom stereocenters. The molecule has 1 aliphatic rings. The Bertz CT molecular complexity index is 522. The van der Waals surface area contributed by atoms with Crippen molar-refractivity contribution >= 4 is 15.7 Å². The zero-order valence-corrected chi connectivity index (χ0v) is 12.6. The second kappa shape index (κ2) is 6.56. The van der Waals surface area contributed by atoms with Gasteiger partial charge in [-0.3, -0.25) is 0 Å². The van der Waals surface area contributed by atoms with E-state index in [0.29, 0.717) is 17.6 Å². The fourth-order valence-electron chi connectivity index (χ4n) is 2.66. The van der Waals surface area contributed by atoms with Gasteiger partial charge in [-0.2, -0.15) is 0 Å². The molecule has 0 radical (unpaired) electrons. The lowest BCUT2D eigenvalue weighted by Crippen LogP contribution is -2.29. The summed E-state index contributed by atoms with van der Waals surface area (Å²) in [5.74, 6) is -0.116. The number of nitrogens with two attached hydrogens (primary N) is 1. The van der Waals surface area contributed by atoms with Gasteiger partial charge in [0.25, 0.3) is 0 Å². The number of rotatable bonds is 6. The monoisotopic (exact) mass is 297 g/mol. The van der Waals surface area contributed by atoms with Gasteiger partial charge in [-0.15, -0.1) is 0 Å². The second-order valence-corrected chi connectivity index (χ2v) is 7.19. The highest BCUT2D eigenvalue weighted by Gasteiger charge is 2.16. The molecule has 1 aromatic carbocycles. The maximum absolute atomic E-state index is 11.0. The van der Waals surface area contributed by atoms with Gasteiger partial charge in [-0.1, -0.05) is 12.1 Å². The Morgan fingerprint density at radius 3 is 2.65 bits per heavy atom. The predicted octanol–water partition coefficient (Wildman–Crippen LogP) is 1.42. The zero-order valence-electron chi connectivity index (χ0n) is 11.8. The van der Waals surface area contributed by atoms with Crippen molar-refractivity contribution in [1.82, 2.24) is 5.32 Å². The predicted molar refractivity (Wildman–Crippen MR) is 82.0 cm³/mol. The Hall–Kier alpha value is -1.11. The van der Waals surface area contributed by atoms with Gasteiger partial charge >= 0.3 is 0 Å². The molecule has 1 heterocycles. The number of hydrogen-bond donors (Lipinski definition) is 3. The summed E-state index contributed by atoms with van der Waals surface area (Å²) in [5, 5.41) is 12.0. The molecule has 0 spiro atoms. The fourth-order valence-corrected chi connectivity index (χ4v) is 3.31. The topological polar surface area (TPSA) is 84.2 Å². The Morgan fingerprint density at radius 2 is 2.10 bits per heavy atom. The van der Waals surface area contributed by atoms with Crippen LogP contribution in [0.4, 0.5) is 5.69 Å². The number of hydrogen-bond acceptors (Lipinski definition) is 4. The van der Waals surface area contributed by atoms with Gasteiger partial charge < -0.3 is 10.6 Å². The van der Waals surface area contributed by atoms with E-state index in [1.807, 2.05) is 12.1 Å². The number of anilines is 1. The summed E-state index contributed by atoms with van der Waals surface area (Å²) in [5.41, 5.74) is 1.72. The lowest BCUT2D eigenvalue weighted by atomic mass is 10.1. The van der Waals surface area contributed by atoms with Gasteiger partial charge in [0.1, 0.15) is 0 Å². The van der Waals surface area contributed by atoms with Crippen LogP contribution in [0.2, 0.25) is 0 Å². The smallest absolute Gasteiger partial charge is 0.213 e. The van der Waals surface area contributed by atoms with Crippen LogP contribution in [-0.4, -0.2) is 27.0 Å². The van der Waals surface area contributed by atoms with E-state index < -0.39 is 10.0 Å². The molecular weight excluding hydrogens is 274 g/mol. The highest BCUT2D eigenvalue weighted by molar-refractivity contribution is 7.88. The summed E-state index contributed by atoms with van der Waals surface area (Å²) in [6, 6.07) is 8.40. The Morgan fingerprint density at radius 1 is 1.40 bits per heavy atom. The molecule has 2 unspecified atom stereocenters. The van der Waals surface area contributed by atoms with Crippen LogP contribution in [0.5, 0.6) is 0 Å². The van der Waals surface area contributed by atoms with Gasteiger partial charge in [0.15, 0.2) is 0 Å².